The van der Waals surface area contributed by atoms with Crippen molar-refractivity contribution in [3.8, 4) is 0 Å². The van der Waals surface area contributed by atoms with E-state index in [1.807, 2.05) is 6.92 Å². The first-order chi connectivity index (χ1) is 13.4. The van der Waals surface area contributed by atoms with Crippen LogP contribution in [0.2, 0.25) is 0 Å². The molecule has 1 unspecified atom stereocenters. The zero-order chi connectivity index (χ0) is 20.1. The molecule has 2 aromatic rings. The molecule has 0 saturated carbocycles. The molecule has 29 heavy (non-hydrogen) atoms. The van der Waals surface area contributed by atoms with Crippen LogP contribution in [0, 0.1) is 6.92 Å². The summed E-state index contributed by atoms with van der Waals surface area (Å²) < 4.78 is 0. The largest absolute Gasteiger partial charge is 1.00 e. The van der Waals surface area contributed by atoms with Crippen molar-refractivity contribution in [3.63, 3.8) is 0 Å². The van der Waals surface area contributed by atoms with Gasteiger partial charge in [-0.05, 0) is 49.9 Å². The van der Waals surface area contributed by atoms with Crippen LogP contribution in [0.1, 0.15) is 59.3 Å². The molecule has 2 atom stereocenters. The van der Waals surface area contributed by atoms with E-state index in [2.05, 4.69) is 41.4 Å². The number of aromatic carboxylic acids is 1. The number of carboxylic acids is 1. The van der Waals surface area contributed by atoms with Crippen LogP contribution in [-0.2, 0) is 11.3 Å². The average Bonchev–Trinajstić information content (AvgIpc) is 2.68. The molecule has 148 valence electrons. The Morgan fingerprint density at radius 2 is 1.90 bits per heavy atom. The van der Waals surface area contributed by atoms with E-state index in [4.69, 9.17) is 0 Å². The van der Waals surface area contributed by atoms with Gasteiger partial charge in [0.15, 0.2) is 0 Å². The van der Waals surface area contributed by atoms with E-state index in [0.29, 0.717) is 0 Å². The van der Waals surface area contributed by atoms with Crippen molar-refractivity contribution in [1.82, 2.24) is 10.2 Å². The molecule has 1 aliphatic rings. The molecule has 0 spiro atoms. The van der Waals surface area contributed by atoms with Gasteiger partial charge in [-0.3, -0.25) is 9.69 Å². The number of nitrogens with zero attached hydrogens (tertiary/aromatic N) is 1. The van der Waals surface area contributed by atoms with Crippen LogP contribution in [0.3, 0.4) is 0 Å². The molecule has 1 aliphatic heterocycles. The normalized spacial score (nSPS) is 17.8. The number of hydrogen-bond donors (Lipinski definition) is 1. The minimum Gasteiger partial charge on any atom is -0.545 e. The molecule has 6 heteroatoms. The van der Waals surface area contributed by atoms with E-state index >= 15 is 0 Å². The molecule has 1 N–H and O–H groups in total. The minimum atomic E-state index is -1.20. The third kappa shape index (κ3) is 6.21. The van der Waals surface area contributed by atoms with E-state index in [1.165, 1.54) is 23.3 Å². The fraction of sp³-hybridized carbons (Fsp3) is 0.391. The maximum Gasteiger partial charge on any atom is 1.00 e. The van der Waals surface area contributed by atoms with Crippen LogP contribution >= 0.6 is 0 Å². The molecule has 1 amide bonds. The van der Waals surface area contributed by atoms with E-state index in [0.717, 1.165) is 37.9 Å². The summed E-state index contributed by atoms with van der Waals surface area (Å²) in [6, 6.07) is 14.6. The fourth-order valence-corrected chi connectivity index (χ4v) is 3.82. The second-order valence-corrected chi connectivity index (χ2v) is 7.61. The number of likely N-dealkylation sites (tertiary alicyclic amines) is 1. The maximum atomic E-state index is 13.0. The zero-order valence-electron chi connectivity index (χ0n) is 17.5. The topological polar surface area (TPSA) is 72.5 Å². The number of carbonyl (C=O) groups is 2. The molecular formula is C23H27LiN2O3. The van der Waals surface area contributed by atoms with Gasteiger partial charge in [0.1, 0.15) is 0 Å². The zero-order valence-corrected chi connectivity index (χ0v) is 17.5. The van der Waals surface area contributed by atoms with Crippen molar-refractivity contribution >= 4 is 11.9 Å². The SMILES string of the molecule is Cc1cccc(CN2CCCCC2C(=O)N[C@@H](C)c2ccc(C(=O)[O-])cc2)c1.[Li+]. The Morgan fingerprint density at radius 3 is 2.55 bits per heavy atom. The molecule has 1 fully saturated rings. The summed E-state index contributed by atoms with van der Waals surface area (Å²) in [5, 5.41) is 14.0. The van der Waals surface area contributed by atoms with Gasteiger partial charge >= 0.3 is 18.9 Å². The summed E-state index contributed by atoms with van der Waals surface area (Å²) in [5.74, 6) is -1.17. The Kier molecular flexibility index (Phi) is 8.52. The number of nitrogens with one attached hydrogen (secondary N) is 1. The predicted octanol–water partition coefficient (Wildman–Crippen LogP) is -0.406. The van der Waals surface area contributed by atoms with Crippen LogP contribution in [0.15, 0.2) is 48.5 Å². The molecule has 0 aromatic heterocycles. The Labute approximate surface area is 184 Å². The third-order valence-electron chi connectivity index (χ3n) is 5.39. The average molecular weight is 386 g/mol. The van der Waals surface area contributed by atoms with E-state index < -0.39 is 5.97 Å². The summed E-state index contributed by atoms with van der Waals surface area (Å²) in [6.45, 7) is 5.69. The monoisotopic (exact) mass is 386 g/mol. The summed E-state index contributed by atoms with van der Waals surface area (Å²) in [7, 11) is 0. The van der Waals surface area contributed by atoms with Crippen LogP contribution in [-0.4, -0.2) is 29.4 Å². The van der Waals surface area contributed by atoms with Crippen molar-refractivity contribution in [2.45, 2.75) is 51.7 Å². The summed E-state index contributed by atoms with van der Waals surface area (Å²) in [4.78, 5) is 26.1. The number of rotatable bonds is 6. The van der Waals surface area contributed by atoms with E-state index in [1.54, 1.807) is 12.1 Å². The van der Waals surface area contributed by atoms with Gasteiger partial charge in [0, 0.05) is 6.54 Å². The van der Waals surface area contributed by atoms with Crippen LogP contribution in [0.4, 0.5) is 0 Å². The Balaban J connectivity index is 0.00000300. The number of benzene rings is 2. The second kappa shape index (κ2) is 10.6. The molecule has 5 nitrogen and oxygen atoms in total. The molecule has 0 aliphatic carbocycles. The van der Waals surface area contributed by atoms with Gasteiger partial charge in [-0.1, -0.05) is 60.5 Å². The summed E-state index contributed by atoms with van der Waals surface area (Å²) in [6.07, 6.45) is 3.01. The van der Waals surface area contributed by atoms with Gasteiger partial charge in [-0.2, -0.15) is 0 Å². The molecule has 0 bridgehead atoms. The van der Waals surface area contributed by atoms with Crippen LogP contribution < -0.4 is 29.3 Å². The number of carboxylic acid groups (broad SMARTS) is 1. The van der Waals surface area contributed by atoms with E-state index in [9.17, 15) is 14.7 Å². The smallest absolute Gasteiger partial charge is 0.545 e. The van der Waals surface area contributed by atoms with Gasteiger partial charge in [0.2, 0.25) is 5.91 Å². The van der Waals surface area contributed by atoms with Crippen molar-refractivity contribution in [2.75, 3.05) is 6.54 Å². The van der Waals surface area contributed by atoms with Crippen molar-refractivity contribution in [1.29, 1.82) is 0 Å². The van der Waals surface area contributed by atoms with Crippen molar-refractivity contribution < 1.29 is 33.6 Å². The summed E-state index contributed by atoms with van der Waals surface area (Å²) >= 11 is 0. The molecular weight excluding hydrogens is 359 g/mol. The molecule has 2 aromatic carbocycles. The molecule has 1 saturated heterocycles. The number of hydrogen-bond acceptors (Lipinski definition) is 4. The number of aryl methyl sites for hydroxylation is 1. The Bertz CT molecular complexity index is 838. The first-order valence-corrected chi connectivity index (χ1v) is 9.85. The van der Waals surface area contributed by atoms with Crippen molar-refractivity contribution in [3.05, 3.63) is 70.8 Å². The van der Waals surface area contributed by atoms with Crippen LogP contribution in [0.5, 0.6) is 0 Å². The van der Waals surface area contributed by atoms with Gasteiger partial charge in [-0.15, -0.1) is 0 Å². The number of carbonyl (C=O) groups excluding carboxylic acids is 2. The Morgan fingerprint density at radius 1 is 1.17 bits per heavy atom. The molecule has 3 rings (SSSR count). The summed E-state index contributed by atoms with van der Waals surface area (Å²) in [5.41, 5.74) is 3.47. The second-order valence-electron chi connectivity index (χ2n) is 7.61. The van der Waals surface area contributed by atoms with Gasteiger partial charge < -0.3 is 15.2 Å². The maximum absolute atomic E-state index is 13.0. The number of piperidine rings is 1. The third-order valence-corrected chi connectivity index (χ3v) is 5.39. The standard InChI is InChI=1S/C23H28N2O3.Li/c1-16-6-5-7-18(14-16)15-25-13-4-3-8-21(25)22(26)24-17(2)19-9-11-20(12-10-19)23(27)28;/h5-7,9-12,14,17,21H,3-4,8,13,15H2,1-2H3,(H,24,26)(H,27,28);/q;+1/p-1/t17-,21?;/m0./s1. The molecule has 0 radical (unpaired) electrons. The first-order valence-electron chi connectivity index (χ1n) is 9.85. The first kappa shape index (κ1) is 23.2. The quantitative estimate of drug-likeness (QED) is 0.686. The van der Waals surface area contributed by atoms with Gasteiger partial charge in [0.05, 0.1) is 18.1 Å². The van der Waals surface area contributed by atoms with E-state index in [-0.39, 0.29) is 42.4 Å². The minimum absolute atomic E-state index is 0. The fourth-order valence-electron chi connectivity index (χ4n) is 3.82. The van der Waals surface area contributed by atoms with Crippen molar-refractivity contribution in [2.24, 2.45) is 0 Å². The van der Waals surface area contributed by atoms with Crippen LogP contribution in [0.25, 0.3) is 0 Å². The molecule has 1 heterocycles. The Hall–Kier alpha value is -2.06. The predicted molar refractivity (Wildman–Crippen MR) is 107 cm³/mol. The van der Waals surface area contributed by atoms with Gasteiger partial charge in [-0.25, -0.2) is 0 Å². The van der Waals surface area contributed by atoms with Gasteiger partial charge in [0.25, 0.3) is 0 Å². The number of amides is 1.